The van der Waals surface area contributed by atoms with E-state index in [9.17, 15) is 23.6 Å². The van der Waals surface area contributed by atoms with E-state index in [0.29, 0.717) is 42.8 Å². The van der Waals surface area contributed by atoms with Crippen LogP contribution in [0.1, 0.15) is 49.0 Å². The lowest BCUT2D eigenvalue weighted by atomic mass is 9.72. The molecule has 3 aliphatic rings. The SMILES string of the molecule is O=C(CN1C(=O)CCC1=O)N1CCCC2(CCN(C(=O)c3cc4c(F)cccc4[nH]3)CC2)C1. The second kappa shape index (κ2) is 8.28. The number of hydrogen-bond acceptors (Lipinski definition) is 4. The largest absolute Gasteiger partial charge is 0.350 e. The Morgan fingerprint density at radius 3 is 2.42 bits per heavy atom. The number of hydrogen-bond donors (Lipinski definition) is 1. The number of nitrogens with one attached hydrogen (secondary N) is 1. The zero-order valence-corrected chi connectivity index (χ0v) is 18.4. The van der Waals surface area contributed by atoms with Crippen molar-refractivity contribution in [3.8, 4) is 0 Å². The Labute approximate surface area is 190 Å². The molecule has 1 aromatic carbocycles. The van der Waals surface area contributed by atoms with Gasteiger partial charge in [0.2, 0.25) is 17.7 Å². The molecule has 0 radical (unpaired) electrons. The molecule has 2 aromatic rings. The van der Waals surface area contributed by atoms with E-state index in [2.05, 4.69) is 4.98 Å². The van der Waals surface area contributed by atoms with Gasteiger partial charge in [0.05, 0.1) is 0 Å². The molecule has 0 aliphatic carbocycles. The fourth-order valence-electron chi connectivity index (χ4n) is 5.45. The maximum atomic E-state index is 14.0. The van der Waals surface area contributed by atoms with Gasteiger partial charge in [-0.25, -0.2) is 4.39 Å². The quantitative estimate of drug-likeness (QED) is 0.721. The van der Waals surface area contributed by atoms with Crippen LogP contribution in [0.2, 0.25) is 0 Å². The highest BCUT2D eigenvalue weighted by Crippen LogP contribution is 2.40. The third-order valence-electron chi connectivity index (χ3n) is 7.41. The summed E-state index contributed by atoms with van der Waals surface area (Å²) in [4.78, 5) is 57.2. The van der Waals surface area contributed by atoms with Gasteiger partial charge in [-0.05, 0) is 49.3 Å². The molecule has 0 saturated carbocycles. The Kier molecular flexibility index (Phi) is 5.42. The number of aromatic amines is 1. The number of halogens is 1. The van der Waals surface area contributed by atoms with E-state index in [1.165, 1.54) is 6.07 Å². The Balaban J connectivity index is 1.21. The summed E-state index contributed by atoms with van der Waals surface area (Å²) < 4.78 is 14.0. The predicted octanol–water partition coefficient (Wildman–Crippen LogP) is 2.30. The summed E-state index contributed by atoms with van der Waals surface area (Å²) in [6, 6.07) is 6.30. The fourth-order valence-corrected chi connectivity index (χ4v) is 5.45. The van der Waals surface area contributed by atoms with E-state index in [1.807, 2.05) is 0 Å². The molecule has 1 aromatic heterocycles. The molecule has 3 fully saturated rings. The molecule has 0 unspecified atom stereocenters. The zero-order valence-electron chi connectivity index (χ0n) is 18.4. The highest BCUT2D eigenvalue weighted by Gasteiger charge is 2.41. The number of carbonyl (C=O) groups excluding carboxylic acids is 4. The summed E-state index contributed by atoms with van der Waals surface area (Å²) in [6.07, 6.45) is 3.77. The van der Waals surface area contributed by atoms with Crippen LogP contribution in [0.25, 0.3) is 10.9 Å². The maximum absolute atomic E-state index is 14.0. The highest BCUT2D eigenvalue weighted by atomic mass is 19.1. The number of H-pyrrole nitrogens is 1. The van der Waals surface area contributed by atoms with Crippen LogP contribution < -0.4 is 0 Å². The lowest BCUT2D eigenvalue weighted by Gasteiger charge is -2.47. The number of aromatic nitrogens is 1. The molecular formula is C24H27FN4O4. The number of piperidine rings is 2. The van der Waals surface area contributed by atoms with Gasteiger partial charge in [-0.3, -0.25) is 24.1 Å². The van der Waals surface area contributed by atoms with Crippen molar-refractivity contribution in [2.45, 2.75) is 38.5 Å². The van der Waals surface area contributed by atoms with E-state index >= 15 is 0 Å². The minimum absolute atomic E-state index is 0.0593. The minimum atomic E-state index is -0.357. The molecule has 4 amide bonds. The lowest BCUT2D eigenvalue weighted by molar-refractivity contribution is -0.147. The third kappa shape index (κ3) is 4.00. The van der Waals surface area contributed by atoms with Gasteiger partial charge in [0.15, 0.2) is 0 Å². The number of fused-ring (bicyclic) bond motifs is 1. The number of imide groups is 1. The van der Waals surface area contributed by atoms with Gasteiger partial charge in [-0.15, -0.1) is 0 Å². The van der Waals surface area contributed by atoms with Gasteiger partial charge in [-0.1, -0.05) is 6.07 Å². The average Bonchev–Trinajstić information content (AvgIpc) is 3.39. The van der Waals surface area contributed by atoms with Crippen LogP contribution in [0.3, 0.4) is 0 Å². The van der Waals surface area contributed by atoms with Crippen molar-refractivity contribution < 1.29 is 23.6 Å². The molecular weight excluding hydrogens is 427 g/mol. The van der Waals surface area contributed by atoms with Gasteiger partial charge in [0, 0.05) is 49.9 Å². The number of benzene rings is 1. The molecule has 174 valence electrons. The minimum Gasteiger partial charge on any atom is -0.350 e. The summed E-state index contributed by atoms with van der Waals surface area (Å²) in [7, 11) is 0. The fraction of sp³-hybridized carbons (Fsp3) is 0.500. The molecule has 1 spiro atoms. The van der Waals surface area contributed by atoms with Crippen molar-refractivity contribution in [3.05, 3.63) is 35.8 Å². The maximum Gasteiger partial charge on any atom is 0.270 e. The van der Waals surface area contributed by atoms with Crippen molar-refractivity contribution in [1.82, 2.24) is 19.7 Å². The van der Waals surface area contributed by atoms with Crippen LogP contribution in [-0.2, 0) is 14.4 Å². The van der Waals surface area contributed by atoms with E-state index < -0.39 is 0 Å². The number of nitrogens with zero attached hydrogens (tertiary/aromatic N) is 3. The Morgan fingerprint density at radius 2 is 1.73 bits per heavy atom. The number of likely N-dealkylation sites (tertiary alicyclic amines) is 3. The number of rotatable bonds is 3. The monoisotopic (exact) mass is 454 g/mol. The normalized spacial score (nSPS) is 20.8. The van der Waals surface area contributed by atoms with E-state index in [-0.39, 0.29) is 54.2 Å². The molecule has 0 bridgehead atoms. The van der Waals surface area contributed by atoms with Crippen molar-refractivity contribution >= 4 is 34.5 Å². The molecule has 5 rings (SSSR count). The van der Waals surface area contributed by atoms with Crippen molar-refractivity contribution in [3.63, 3.8) is 0 Å². The van der Waals surface area contributed by atoms with E-state index in [0.717, 1.165) is 30.6 Å². The number of amides is 4. The van der Waals surface area contributed by atoms with Crippen LogP contribution in [0.15, 0.2) is 24.3 Å². The topological polar surface area (TPSA) is 93.8 Å². The molecule has 9 heteroatoms. The average molecular weight is 455 g/mol. The molecule has 1 N–H and O–H groups in total. The van der Waals surface area contributed by atoms with Crippen molar-refractivity contribution in [2.75, 3.05) is 32.7 Å². The number of carbonyl (C=O) groups is 4. The molecule has 33 heavy (non-hydrogen) atoms. The summed E-state index contributed by atoms with van der Waals surface area (Å²) in [5, 5.41) is 0.408. The van der Waals surface area contributed by atoms with Crippen LogP contribution >= 0.6 is 0 Å². The van der Waals surface area contributed by atoms with Crippen LogP contribution in [0.4, 0.5) is 4.39 Å². The Hall–Kier alpha value is -3.23. The van der Waals surface area contributed by atoms with E-state index in [4.69, 9.17) is 0 Å². The van der Waals surface area contributed by atoms with Gasteiger partial charge in [0.25, 0.3) is 5.91 Å². The van der Waals surface area contributed by atoms with Gasteiger partial charge in [-0.2, -0.15) is 0 Å². The predicted molar refractivity (Wildman–Crippen MR) is 118 cm³/mol. The first kappa shape index (κ1) is 21.6. The molecule has 3 saturated heterocycles. The second-order valence-corrected chi connectivity index (χ2v) is 9.47. The highest BCUT2D eigenvalue weighted by molar-refractivity contribution is 6.04. The second-order valence-electron chi connectivity index (χ2n) is 9.47. The summed E-state index contributed by atoms with van der Waals surface area (Å²) in [6.45, 7) is 2.18. The van der Waals surface area contributed by atoms with Crippen molar-refractivity contribution in [1.29, 1.82) is 0 Å². The molecule has 0 atom stereocenters. The first-order chi connectivity index (χ1) is 15.8. The summed E-state index contributed by atoms with van der Waals surface area (Å²) >= 11 is 0. The van der Waals surface area contributed by atoms with Gasteiger partial charge >= 0.3 is 0 Å². The smallest absolute Gasteiger partial charge is 0.270 e. The van der Waals surface area contributed by atoms with Crippen LogP contribution in [-0.4, -0.2) is 76.0 Å². The van der Waals surface area contributed by atoms with Gasteiger partial charge < -0.3 is 14.8 Å². The van der Waals surface area contributed by atoms with Crippen LogP contribution in [0.5, 0.6) is 0 Å². The third-order valence-corrected chi connectivity index (χ3v) is 7.41. The molecule has 4 heterocycles. The first-order valence-corrected chi connectivity index (χ1v) is 11.5. The van der Waals surface area contributed by atoms with Gasteiger partial charge in [0.1, 0.15) is 18.1 Å². The standard InChI is InChI=1S/C24H27FN4O4/c25-17-3-1-4-18-16(17)13-19(26-18)23(33)27-11-8-24(9-12-27)7-2-10-28(15-24)22(32)14-29-20(30)5-6-21(29)31/h1,3-4,13,26H,2,5-12,14-15H2. The lowest BCUT2D eigenvalue weighted by Crippen LogP contribution is -2.53. The first-order valence-electron chi connectivity index (χ1n) is 11.5. The zero-order chi connectivity index (χ0) is 23.2. The van der Waals surface area contributed by atoms with Crippen LogP contribution in [0, 0.1) is 11.2 Å². The molecule has 8 nitrogen and oxygen atoms in total. The van der Waals surface area contributed by atoms with E-state index in [1.54, 1.807) is 28.0 Å². The molecule has 3 aliphatic heterocycles. The summed E-state index contributed by atoms with van der Waals surface area (Å²) in [5.74, 6) is -1.23. The summed E-state index contributed by atoms with van der Waals surface area (Å²) in [5.41, 5.74) is 0.922. The Morgan fingerprint density at radius 1 is 1.00 bits per heavy atom. The Bertz CT molecular complexity index is 1120. The van der Waals surface area contributed by atoms with Crippen molar-refractivity contribution in [2.24, 2.45) is 5.41 Å².